The Kier molecular flexibility index (Phi) is 5.87. The van der Waals surface area contributed by atoms with Gasteiger partial charge in [-0.05, 0) is 35.4 Å². The molecule has 1 saturated heterocycles. The van der Waals surface area contributed by atoms with Gasteiger partial charge in [0.05, 0.1) is 5.56 Å². The molecule has 1 fully saturated rings. The summed E-state index contributed by atoms with van der Waals surface area (Å²) in [6, 6.07) is 12.7. The van der Waals surface area contributed by atoms with E-state index in [1.807, 2.05) is 0 Å². The Morgan fingerprint density at radius 3 is 2.07 bits per heavy atom. The SMILES string of the molecule is NCC(c1ccc(F)cc1)N1CCN(c2ncnc(N)c2-c2ccc(F)cc2)CC1. The zero-order chi connectivity index (χ0) is 21.1. The Hall–Kier alpha value is -3.10. The Bertz CT molecular complexity index is 986. The number of aromatic nitrogens is 2. The fourth-order valence-electron chi connectivity index (χ4n) is 3.95. The van der Waals surface area contributed by atoms with Gasteiger partial charge in [0, 0.05) is 38.8 Å². The molecule has 6 nitrogen and oxygen atoms in total. The molecular formula is C22H24F2N6. The number of nitrogens with two attached hydrogens (primary N) is 2. The summed E-state index contributed by atoms with van der Waals surface area (Å²) in [5.74, 6) is 0.534. The van der Waals surface area contributed by atoms with Crippen molar-refractivity contribution in [3.63, 3.8) is 0 Å². The molecule has 4 N–H and O–H groups in total. The van der Waals surface area contributed by atoms with Gasteiger partial charge in [-0.2, -0.15) is 0 Å². The van der Waals surface area contributed by atoms with Gasteiger partial charge in [-0.1, -0.05) is 24.3 Å². The lowest BCUT2D eigenvalue weighted by molar-refractivity contribution is 0.190. The highest BCUT2D eigenvalue weighted by Crippen LogP contribution is 2.34. The third-order valence-electron chi connectivity index (χ3n) is 5.52. The molecule has 156 valence electrons. The molecular weight excluding hydrogens is 386 g/mol. The first-order chi connectivity index (χ1) is 14.6. The van der Waals surface area contributed by atoms with E-state index in [4.69, 9.17) is 11.5 Å². The van der Waals surface area contributed by atoms with Crippen LogP contribution in [-0.4, -0.2) is 47.6 Å². The molecule has 2 aromatic carbocycles. The van der Waals surface area contributed by atoms with E-state index in [-0.39, 0.29) is 17.7 Å². The molecule has 3 aromatic rings. The van der Waals surface area contributed by atoms with E-state index in [1.165, 1.54) is 30.6 Å². The number of benzene rings is 2. The lowest BCUT2D eigenvalue weighted by atomic mass is 10.0. The van der Waals surface area contributed by atoms with Crippen molar-refractivity contribution in [2.24, 2.45) is 5.73 Å². The van der Waals surface area contributed by atoms with E-state index < -0.39 is 0 Å². The quantitative estimate of drug-likeness (QED) is 0.673. The van der Waals surface area contributed by atoms with Crippen LogP contribution in [0.1, 0.15) is 11.6 Å². The third kappa shape index (κ3) is 4.10. The highest BCUT2D eigenvalue weighted by Gasteiger charge is 2.27. The summed E-state index contributed by atoms with van der Waals surface area (Å²) in [6.45, 7) is 3.44. The standard InChI is InChI=1S/C22H24F2N6/c23-17-5-1-15(2-6-17)19(13-25)29-9-11-30(12-10-29)22-20(21(26)27-14-28-22)16-3-7-18(24)8-4-16/h1-8,14,19H,9-13,25H2,(H2,26,27,28). The number of piperazine rings is 1. The van der Waals surface area contributed by atoms with Crippen LogP contribution in [0.4, 0.5) is 20.4 Å². The Morgan fingerprint density at radius 2 is 1.47 bits per heavy atom. The van der Waals surface area contributed by atoms with E-state index >= 15 is 0 Å². The van der Waals surface area contributed by atoms with Gasteiger partial charge in [0.1, 0.15) is 29.6 Å². The van der Waals surface area contributed by atoms with Crippen LogP contribution >= 0.6 is 0 Å². The maximum absolute atomic E-state index is 13.4. The van der Waals surface area contributed by atoms with Crippen LogP contribution in [0.15, 0.2) is 54.9 Å². The van der Waals surface area contributed by atoms with Crippen LogP contribution in [0.2, 0.25) is 0 Å². The second-order valence-electron chi connectivity index (χ2n) is 7.29. The summed E-state index contributed by atoms with van der Waals surface area (Å²) in [5, 5.41) is 0. The molecule has 2 heterocycles. The molecule has 1 aromatic heterocycles. The Balaban J connectivity index is 1.54. The number of rotatable bonds is 5. The summed E-state index contributed by atoms with van der Waals surface area (Å²) < 4.78 is 26.6. The van der Waals surface area contributed by atoms with Crippen LogP contribution < -0.4 is 16.4 Å². The normalized spacial score (nSPS) is 15.9. The number of halogens is 2. The molecule has 8 heteroatoms. The van der Waals surface area contributed by atoms with Crippen LogP contribution in [0, 0.1) is 11.6 Å². The number of hydrogen-bond donors (Lipinski definition) is 2. The fraction of sp³-hybridized carbons (Fsp3) is 0.273. The minimum atomic E-state index is -0.307. The third-order valence-corrected chi connectivity index (χ3v) is 5.52. The first-order valence-electron chi connectivity index (χ1n) is 9.87. The van der Waals surface area contributed by atoms with Gasteiger partial charge in [0.25, 0.3) is 0 Å². The van der Waals surface area contributed by atoms with Crippen molar-refractivity contribution in [3.05, 3.63) is 72.1 Å². The average molecular weight is 410 g/mol. The molecule has 0 spiro atoms. The van der Waals surface area contributed by atoms with Crippen LogP contribution in [-0.2, 0) is 0 Å². The van der Waals surface area contributed by atoms with Crippen molar-refractivity contribution in [1.29, 1.82) is 0 Å². The Labute approximate surface area is 174 Å². The molecule has 0 saturated carbocycles. The predicted octanol–water partition coefficient (Wildman–Crippen LogP) is 2.83. The van der Waals surface area contributed by atoms with Gasteiger partial charge in [0.2, 0.25) is 0 Å². The summed E-state index contributed by atoms with van der Waals surface area (Å²) in [4.78, 5) is 13.1. The number of nitrogen functional groups attached to an aromatic ring is 1. The first kappa shape index (κ1) is 20.2. The van der Waals surface area contributed by atoms with Crippen LogP contribution in [0.3, 0.4) is 0 Å². The number of nitrogens with zero attached hydrogens (tertiary/aromatic N) is 4. The van der Waals surface area contributed by atoms with Crippen molar-refractivity contribution >= 4 is 11.6 Å². The summed E-state index contributed by atoms with van der Waals surface area (Å²) in [7, 11) is 0. The Morgan fingerprint density at radius 1 is 0.867 bits per heavy atom. The van der Waals surface area contributed by atoms with Gasteiger partial charge < -0.3 is 16.4 Å². The van der Waals surface area contributed by atoms with Gasteiger partial charge in [-0.3, -0.25) is 4.90 Å². The minimum absolute atomic E-state index is 0.0276. The van der Waals surface area contributed by atoms with E-state index in [9.17, 15) is 8.78 Å². The molecule has 1 atom stereocenters. The maximum atomic E-state index is 13.4. The second-order valence-corrected chi connectivity index (χ2v) is 7.29. The molecule has 0 radical (unpaired) electrons. The highest BCUT2D eigenvalue weighted by atomic mass is 19.1. The molecule has 1 unspecified atom stereocenters. The topological polar surface area (TPSA) is 84.3 Å². The lowest BCUT2D eigenvalue weighted by Gasteiger charge is -2.40. The maximum Gasteiger partial charge on any atom is 0.142 e. The molecule has 1 aliphatic rings. The van der Waals surface area contributed by atoms with Crippen molar-refractivity contribution < 1.29 is 8.78 Å². The second kappa shape index (κ2) is 8.73. The van der Waals surface area contributed by atoms with Crippen molar-refractivity contribution in [3.8, 4) is 11.1 Å². The van der Waals surface area contributed by atoms with Gasteiger partial charge in [-0.15, -0.1) is 0 Å². The monoisotopic (exact) mass is 410 g/mol. The average Bonchev–Trinajstić information content (AvgIpc) is 2.77. The first-order valence-corrected chi connectivity index (χ1v) is 9.87. The zero-order valence-electron chi connectivity index (χ0n) is 16.5. The highest BCUT2D eigenvalue weighted by molar-refractivity contribution is 5.84. The summed E-state index contributed by atoms with van der Waals surface area (Å²) in [6.07, 6.45) is 1.45. The van der Waals surface area contributed by atoms with Crippen molar-refractivity contribution in [2.45, 2.75) is 6.04 Å². The van der Waals surface area contributed by atoms with Crippen molar-refractivity contribution in [2.75, 3.05) is 43.4 Å². The predicted molar refractivity (Wildman–Crippen MR) is 114 cm³/mol. The van der Waals surface area contributed by atoms with Gasteiger partial charge in [0.15, 0.2) is 0 Å². The van der Waals surface area contributed by atoms with Gasteiger partial charge in [-0.25, -0.2) is 18.7 Å². The van der Waals surface area contributed by atoms with Gasteiger partial charge >= 0.3 is 0 Å². The smallest absolute Gasteiger partial charge is 0.142 e. The minimum Gasteiger partial charge on any atom is -0.383 e. The summed E-state index contributed by atoms with van der Waals surface area (Å²) >= 11 is 0. The molecule has 1 aliphatic heterocycles. The van der Waals surface area contributed by atoms with E-state index in [0.717, 1.165) is 43.1 Å². The van der Waals surface area contributed by atoms with E-state index in [1.54, 1.807) is 24.3 Å². The van der Waals surface area contributed by atoms with E-state index in [2.05, 4.69) is 19.8 Å². The molecule has 0 aliphatic carbocycles. The number of anilines is 2. The molecule has 0 bridgehead atoms. The molecule has 0 amide bonds. The van der Waals surface area contributed by atoms with Crippen molar-refractivity contribution in [1.82, 2.24) is 14.9 Å². The van der Waals surface area contributed by atoms with Crippen LogP contribution in [0.5, 0.6) is 0 Å². The fourth-order valence-corrected chi connectivity index (χ4v) is 3.95. The zero-order valence-corrected chi connectivity index (χ0v) is 16.5. The molecule has 30 heavy (non-hydrogen) atoms. The summed E-state index contributed by atoms with van der Waals surface area (Å²) in [5.41, 5.74) is 14.7. The largest absolute Gasteiger partial charge is 0.383 e. The lowest BCUT2D eigenvalue weighted by Crippen LogP contribution is -2.49. The van der Waals surface area contributed by atoms with Crippen LogP contribution in [0.25, 0.3) is 11.1 Å². The molecule has 4 rings (SSSR count). The van der Waals surface area contributed by atoms with E-state index in [0.29, 0.717) is 17.9 Å². The number of hydrogen-bond acceptors (Lipinski definition) is 6.